The molecule has 0 saturated carbocycles. The summed E-state index contributed by atoms with van der Waals surface area (Å²) in [6.07, 6.45) is 0. The highest BCUT2D eigenvalue weighted by molar-refractivity contribution is 5.98. The lowest BCUT2D eigenvalue weighted by molar-refractivity contribution is 0.0747. The Morgan fingerprint density at radius 3 is 1.67 bits per heavy atom. The Labute approximate surface area is 268 Å². The van der Waals surface area contributed by atoms with Crippen LogP contribution in [0.15, 0.2) is 78.9 Å². The van der Waals surface area contributed by atoms with Crippen LogP contribution >= 0.6 is 0 Å². The molecule has 2 heterocycles. The fourth-order valence-electron chi connectivity index (χ4n) is 5.78. The number of hydrogen-bond acceptors (Lipinski definition) is 9. The molecule has 10 nitrogen and oxygen atoms in total. The van der Waals surface area contributed by atoms with Crippen LogP contribution in [0, 0.1) is 0 Å². The van der Waals surface area contributed by atoms with Crippen molar-refractivity contribution in [2.24, 2.45) is 0 Å². The second-order valence-electron chi connectivity index (χ2n) is 10.7. The van der Waals surface area contributed by atoms with Gasteiger partial charge in [-0.2, -0.15) is 0 Å². The Bertz CT molecular complexity index is 1890. The minimum Gasteiger partial charge on any atom is -0.495 e. The smallest absolute Gasteiger partial charge is 0.254 e. The molecule has 1 amide bonds. The first-order valence-electron chi connectivity index (χ1n) is 14.9. The summed E-state index contributed by atoms with van der Waals surface area (Å²) in [6, 6.07) is 24.7. The van der Waals surface area contributed by atoms with Crippen LogP contribution in [0.4, 0.5) is 5.69 Å². The van der Waals surface area contributed by atoms with E-state index in [2.05, 4.69) is 4.90 Å². The van der Waals surface area contributed by atoms with Crippen molar-refractivity contribution >= 4 is 22.6 Å². The van der Waals surface area contributed by atoms with E-state index in [1.165, 1.54) is 0 Å². The second-order valence-corrected chi connectivity index (χ2v) is 10.7. The van der Waals surface area contributed by atoms with E-state index >= 15 is 0 Å². The number of rotatable bonds is 9. The average molecular weight is 621 g/mol. The summed E-state index contributed by atoms with van der Waals surface area (Å²) >= 11 is 0. The number of benzene rings is 4. The molecule has 1 aromatic heterocycles. The van der Waals surface area contributed by atoms with Gasteiger partial charge in [-0.25, -0.2) is 9.97 Å². The Morgan fingerprint density at radius 1 is 0.565 bits per heavy atom. The molecule has 1 saturated heterocycles. The molecule has 10 heteroatoms. The van der Waals surface area contributed by atoms with Gasteiger partial charge >= 0.3 is 0 Å². The predicted molar refractivity (Wildman–Crippen MR) is 178 cm³/mol. The number of carbonyl (C=O) groups excluding carboxylic acids is 1. The number of methoxy groups -OCH3 is 5. The Morgan fingerprint density at radius 2 is 1.11 bits per heavy atom. The van der Waals surface area contributed by atoms with E-state index in [1.54, 1.807) is 35.5 Å². The van der Waals surface area contributed by atoms with Gasteiger partial charge in [0.25, 0.3) is 5.91 Å². The molecule has 0 radical (unpaired) electrons. The van der Waals surface area contributed by atoms with Gasteiger partial charge in [-0.3, -0.25) is 4.79 Å². The first-order valence-corrected chi connectivity index (χ1v) is 14.9. The molecule has 4 aromatic carbocycles. The van der Waals surface area contributed by atoms with Gasteiger partial charge in [-0.05, 0) is 66.7 Å². The molecule has 0 atom stereocenters. The predicted octanol–water partition coefficient (Wildman–Crippen LogP) is 5.97. The third kappa shape index (κ3) is 5.81. The molecular formula is C36H36N4O6. The third-order valence-corrected chi connectivity index (χ3v) is 8.22. The van der Waals surface area contributed by atoms with Crippen LogP contribution < -0.4 is 28.6 Å². The van der Waals surface area contributed by atoms with Crippen molar-refractivity contribution < 1.29 is 28.5 Å². The highest BCUT2D eigenvalue weighted by Crippen LogP contribution is 2.39. The molecule has 46 heavy (non-hydrogen) atoms. The van der Waals surface area contributed by atoms with Gasteiger partial charge in [0, 0.05) is 42.9 Å². The van der Waals surface area contributed by atoms with Crippen LogP contribution in [-0.2, 0) is 0 Å². The number of ether oxygens (including phenoxy) is 5. The molecule has 236 valence electrons. The molecular weight excluding hydrogens is 584 g/mol. The van der Waals surface area contributed by atoms with Crippen molar-refractivity contribution in [3.63, 3.8) is 0 Å². The van der Waals surface area contributed by atoms with E-state index in [0.717, 1.165) is 22.6 Å². The lowest BCUT2D eigenvalue weighted by Gasteiger charge is -2.36. The summed E-state index contributed by atoms with van der Waals surface area (Å²) in [7, 11) is 8.06. The molecule has 1 aliphatic heterocycles. The maximum Gasteiger partial charge on any atom is 0.254 e. The fourth-order valence-corrected chi connectivity index (χ4v) is 5.78. The standard InChI is InChI=1S/C36H36N4O6/c1-42-29-9-7-6-8-28(29)39-16-18-40(19-17-39)36(41)25-10-13-26-27(20-25)38-35(24-12-15-31(44-3)33(22-24)46-5)34(37-26)23-11-14-30(43-2)32(21-23)45-4/h6-15,20-22H,16-19H2,1-5H3. The number of nitrogens with zero attached hydrogens (tertiary/aromatic N) is 4. The van der Waals surface area contributed by atoms with Crippen LogP contribution in [-0.4, -0.2) is 82.5 Å². The Balaban J connectivity index is 1.36. The molecule has 5 aromatic rings. The molecule has 0 bridgehead atoms. The SMILES string of the molecule is COc1ccc(-c2nc3ccc(C(=O)N4CCN(c5ccccc5OC)CC4)cc3nc2-c2ccc(OC)c(OC)c2)cc1OC. The van der Waals surface area contributed by atoms with Crippen molar-refractivity contribution in [2.75, 3.05) is 66.6 Å². The Kier molecular flexibility index (Phi) is 8.78. The topological polar surface area (TPSA) is 95.5 Å². The maximum absolute atomic E-state index is 13.7. The number of para-hydroxylation sites is 2. The van der Waals surface area contributed by atoms with Crippen LogP contribution in [0.25, 0.3) is 33.5 Å². The van der Waals surface area contributed by atoms with Gasteiger partial charge in [0.15, 0.2) is 23.0 Å². The zero-order valence-electron chi connectivity index (χ0n) is 26.6. The summed E-state index contributed by atoms with van der Waals surface area (Å²) in [4.78, 5) is 28.0. The second kappa shape index (κ2) is 13.2. The summed E-state index contributed by atoms with van der Waals surface area (Å²) < 4.78 is 27.6. The highest BCUT2D eigenvalue weighted by atomic mass is 16.5. The van der Waals surface area contributed by atoms with Gasteiger partial charge < -0.3 is 33.5 Å². The van der Waals surface area contributed by atoms with Crippen molar-refractivity contribution in [1.29, 1.82) is 0 Å². The molecule has 6 rings (SSSR count). The molecule has 1 aliphatic rings. The first kappa shape index (κ1) is 30.5. The summed E-state index contributed by atoms with van der Waals surface area (Å²) in [5.74, 6) is 3.14. The van der Waals surface area contributed by atoms with Crippen LogP contribution in [0.1, 0.15) is 10.4 Å². The molecule has 0 aliphatic carbocycles. The molecule has 1 fully saturated rings. The van der Waals surface area contributed by atoms with Crippen LogP contribution in [0.2, 0.25) is 0 Å². The Hall–Kier alpha value is -5.51. The van der Waals surface area contributed by atoms with Crippen LogP contribution in [0.3, 0.4) is 0 Å². The van der Waals surface area contributed by atoms with Crippen molar-refractivity contribution in [1.82, 2.24) is 14.9 Å². The third-order valence-electron chi connectivity index (χ3n) is 8.22. The number of aromatic nitrogens is 2. The summed E-state index contributed by atoms with van der Waals surface area (Å²) in [5, 5.41) is 0. The first-order chi connectivity index (χ1) is 22.5. The fraction of sp³-hybridized carbons (Fsp3) is 0.250. The van der Waals surface area contributed by atoms with Gasteiger partial charge in [0.2, 0.25) is 0 Å². The number of carbonyl (C=O) groups is 1. The monoisotopic (exact) mass is 620 g/mol. The van der Waals surface area contributed by atoms with Gasteiger partial charge in [0.05, 0.1) is 63.7 Å². The lowest BCUT2D eigenvalue weighted by Crippen LogP contribution is -2.48. The number of fused-ring (bicyclic) bond motifs is 1. The zero-order valence-corrected chi connectivity index (χ0v) is 26.6. The number of piperazine rings is 1. The van der Waals surface area contributed by atoms with E-state index in [0.29, 0.717) is 77.2 Å². The lowest BCUT2D eigenvalue weighted by atomic mass is 10.0. The summed E-state index contributed by atoms with van der Waals surface area (Å²) in [5.41, 5.74) is 5.70. The van der Waals surface area contributed by atoms with E-state index in [-0.39, 0.29) is 5.91 Å². The van der Waals surface area contributed by atoms with E-state index < -0.39 is 0 Å². The van der Waals surface area contributed by atoms with Gasteiger partial charge in [0.1, 0.15) is 5.75 Å². The molecule has 0 N–H and O–H groups in total. The normalized spacial score (nSPS) is 13.0. The number of anilines is 1. The van der Waals surface area contributed by atoms with E-state index in [4.69, 9.17) is 33.7 Å². The minimum absolute atomic E-state index is 0.0417. The van der Waals surface area contributed by atoms with Crippen molar-refractivity contribution in [3.8, 4) is 51.3 Å². The largest absolute Gasteiger partial charge is 0.495 e. The van der Waals surface area contributed by atoms with E-state index in [9.17, 15) is 4.79 Å². The molecule has 0 spiro atoms. The number of amides is 1. The summed E-state index contributed by atoms with van der Waals surface area (Å²) in [6.45, 7) is 2.60. The maximum atomic E-state index is 13.7. The van der Waals surface area contributed by atoms with Crippen LogP contribution in [0.5, 0.6) is 28.7 Å². The van der Waals surface area contributed by atoms with Gasteiger partial charge in [-0.15, -0.1) is 0 Å². The average Bonchev–Trinajstić information content (AvgIpc) is 3.13. The highest BCUT2D eigenvalue weighted by Gasteiger charge is 2.25. The molecule has 0 unspecified atom stereocenters. The van der Waals surface area contributed by atoms with Gasteiger partial charge in [-0.1, -0.05) is 12.1 Å². The minimum atomic E-state index is -0.0417. The van der Waals surface area contributed by atoms with Crippen molar-refractivity contribution in [3.05, 3.63) is 84.4 Å². The van der Waals surface area contributed by atoms with E-state index in [1.807, 2.05) is 83.8 Å². The zero-order chi connectivity index (χ0) is 32.2. The van der Waals surface area contributed by atoms with Crippen molar-refractivity contribution in [2.45, 2.75) is 0 Å². The quantitative estimate of drug-likeness (QED) is 0.198. The number of hydrogen-bond donors (Lipinski definition) is 0.